The predicted molar refractivity (Wildman–Crippen MR) is 69.2 cm³/mol. The van der Waals surface area contributed by atoms with Crippen LogP contribution in [0.4, 0.5) is 0 Å². The van der Waals surface area contributed by atoms with Gasteiger partial charge in [-0.3, -0.25) is 4.79 Å². The van der Waals surface area contributed by atoms with E-state index >= 15 is 0 Å². The molecule has 1 amide bonds. The van der Waals surface area contributed by atoms with Gasteiger partial charge < -0.3 is 10.6 Å². The molecule has 0 heterocycles. The fraction of sp³-hybridized carbons (Fsp3) is 0.923. The summed E-state index contributed by atoms with van der Waals surface area (Å²) >= 11 is 0. The van der Waals surface area contributed by atoms with Crippen molar-refractivity contribution < 1.29 is 4.79 Å². The van der Waals surface area contributed by atoms with Crippen LogP contribution in [0, 0.1) is 5.92 Å². The Balaban J connectivity index is 4.52. The van der Waals surface area contributed by atoms with Crippen molar-refractivity contribution >= 4 is 5.91 Å². The first-order chi connectivity index (χ1) is 7.38. The Hall–Kier alpha value is -0.570. The van der Waals surface area contributed by atoms with Crippen LogP contribution in [0.5, 0.6) is 0 Å². The Bertz CT molecular complexity index is 214. The van der Waals surface area contributed by atoms with Crippen LogP contribution in [0.3, 0.4) is 0 Å². The maximum absolute atomic E-state index is 12.2. The first kappa shape index (κ1) is 15.4. The summed E-state index contributed by atoms with van der Waals surface area (Å²) in [6.45, 7) is 11.8. The van der Waals surface area contributed by atoms with Gasteiger partial charge in [0.25, 0.3) is 0 Å². The fourth-order valence-electron chi connectivity index (χ4n) is 1.85. The van der Waals surface area contributed by atoms with E-state index in [-0.39, 0.29) is 5.91 Å². The van der Waals surface area contributed by atoms with Gasteiger partial charge in [0.05, 0.1) is 5.54 Å². The topological polar surface area (TPSA) is 46.3 Å². The van der Waals surface area contributed by atoms with Crippen molar-refractivity contribution in [1.29, 1.82) is 0 Å². The summed E-state index contributed by atoms with van der Waals surface area (Å²) in [4.78, 5) is 14.1. The van der Waals surface area contributed by atoms with Gasteiger partial charge in [0.15, 0.2) is 0 Å². The number of nitrogens with zero attached hydrogens (tertiary/aromatic N) is 1. The van der Waals surface area contributed by atoms with E-state index in [2.05, 4.69) is 20.8 Å². The van der Waals surface area contributed by atoms with Crippen molar-refractivity contribution in [3.8, 4) is 0 Å². The van der Waals surface area contributed by atoms with E-state index < -0.39 is 5.54 Å². The lowest BCUT2D eigenvalue weighted by atomic mass is 9.95. The Kier molecular flexibility index (Phi) is 6.65. The van der Waals surface area contributed by atoms with E-state index in [1.54, 1.807) is 0 Å². The van der Waals surface area contributed by atoms with Gasteiger partial charge in [0, 0.05) is 13.1 Å². The second-order valence-corrected chi connectivity index (χ2v) is 5.02. The molecule has 0 radical (unpaired) electrons. The van der Waals surface area contributed by atoms with Crippen LogP contribution in [0.1, 0.15) is 53.9 Å². The monoisotopic (exact) mass is 228 g/mol. The van der Waals surface area contributed by atoms with Gasteiger partial charge >= 0.3 is 0 Å². The van der Waals surface area contributed by atoms with Gasteiger partial charge in [-0.05, 0) is 26.2 Å². The Morgan fingerprint density at radius 2 is 1.94 bits per heavy atom. The average Bonchev–Trinajstić information content (AvgIpc) is 2.24. The third-order valence-electron chi connectivity index (χ3n) is 3.16. The zero-order chi connectivity index (χ0) is 12.8. The number of hydrogen-bond acceptors (Lipinski definition) is 2. The highest BCUT2D eigenvalue weighted by Crippen LogP contribution is 2.14. The van der Waals surface area contributed by atoms with Gasteiger partial charge in [-0.1, -0.05) is 33.6 Å². The smallest absolute Gasteiger partial charge is 0.242 e. The molecule has 96 valence electrons. The van der Waals surface area contributed by atoms with Gasteiger partial charge in [0.2, 0.25) is 5.91 Å². The molecule has 0 aliphatic carbocycles. The molecule has 0 aromatic carbocycles. The number of amides is 1. The summed E-state index contributed by atoms with van der Waals surface area (Å²) in [7, 11) is 0. The predicted octanol–water partition coefficient (Wildman–Crippen LogP) is 2.40. The van der Waals surface area contributed by atoms with E-state index in [1.807, 2.05) is 18.7 Å². The Labute approximate surface area is 100 Å². The van der Waals surface area contributed by atoms with Crippen LogP contribution in [0.15, 0.2) is 0 Å². The van der Waals surface area contributed by atoms with E-state index in [0.29, 0.717) is 5.92 Å². The lowest BCUT2D eigenvalue weighted by Gasteiger charge is -2.32. The molecule has 0 spiro atoms. The van der Waals surface area contributed by atoms with Gasteiger partial charge in [0.1, 0.15) is 0 Å². The molecule has 0 bridgehead atoms. The van der Waals surface area contributed by atoms with Crippen LogP contribution >= 0.6 is 0 Å². The van der Waals surface area contributed by atoms with Gasteiger partial charge in [-0.2, -0.15) is 0 Å². The number of likely N-dealkylation sites (N-methyl/N-ethyl adjacent to an activating group) is 1. The molecule has 2 atom stereocenters. The van der Waals surface area contributed by atoms with Crippen LogP contribution in [-0.4, -0.2) is 29.4 Å². The minimum absolute atomic E-state index is 0.0946. The van der Waals surface area contributed by atoms with Crippen LogP contribution < -0.4 is 5.73 Å². The van der Waals surface area contributed by atoms with Crippen molar-refractivity contribution in [3.63, 3.8) is 0 Å². The molecule has 2 N–H and O–H groups in total. The number of rotatable bonds is 7. The van der Waals surface area contributed by atoms with Crippen molar-refractivity contribution in [3.05, 3.63) is 0 Å². The molecule has 2 unspecified atom stereocenters. The first-order valence-electron chi connectivity index (χ1n) is 6.47. The molecular weight excluding hydrogens is 200 g/mol. The molecule has 16 heavy (non-hydrogen) atoms. The lowest BCUT2D eigenvalue weighted by Crippen LogP contribution is -2.54. The number of carbonyl (C=O) groups excluding carboxylic acids is 1. The third-order valence-corrected chi connectivity index (χ3v) is 3.16. The fourth-order valence-corrected chi connectivity index (χ4v) is 1.85. The minimum atomic E-state index is -0.696. The second kappa shape index (κ2) is 6.89. The molecule has 0 aromatic rings. The van der Waals surface area contributed by atoms with Crippen molar-refractivity contribution in [1.82, 2.24) is 4.90 Å². The summed E-state index contributed by atoms with van der Waals surface area (Å²) in [5.41, 5.74) is 5.38. The molecule has 0 rings (SSSR count). The summed E-state index contributed by atoms with van der Waals surface area (Å²) in [6, 6.07) is 0. The molecule has 0 aromatic heterocycles. The quantitative estimate of drug-likeness (QED) is 0.727. The molecule has 0 aliphatic rings. The number of hydrogen-bond donors (Lipinski definition) is 1. The summed E-state index contributed by atoms with van der Waals surface area (Å²) in [5, 5.41) is 0. The van der Waals surface area contributed by atoms with Crippen LogP contribution in [0.25, 0.3) is 0 Å². The van der Waals surface area contributed by atoms with Gasteiger partial charge in [-0.15, -0.1) is 0 Å². The first-order valence-corrected chi connectivity index (χ1v) is 6.47. The highest BCUT2D eigenvalue weighted by molar-refractivity contribution is 5.85. The van der Waals surface area contributed by atoms with Crippen molar-refractivity contribution in [2.45, 2.75) is 59.4 Å². The summed E-state index contributed by atoms with van der Waals surface area (Å²) in [6.07, 6.45) is 2.79. The van der Waals surface area contributed by atoms with E-state index in [0.717, 1.165) is 32.4 Å². The largest absolute Gasteiger partial charge is 0.341 e. The van der Waals surface area contributed by atoms with Crippen LogP contribution in [0.2, 0.25) is 0 Å². The van der Waals surface area contributed by atoms with Crippen LogP contribution in [-0.2, 0) is 4.79 Å². The SMILES string of the molecule is CCCC(C)(N)C(=O)N(CC)CC(C)CC. The van der Waals surface area contributed by atoms with E-state index in [1.165, 1.54) is 0 Å². The van der Waals surface area contributed by atoms with Gasteiger partial charge in [-0.25, -0.2) is 0 Å². The highest BCUT2D eigenvalue weighted by Gasteiger charge is 2.31. The second-order valence-electron chi connectivity index (χ2n) is 5.02. The Morgan fingerprint density at radius 3 is 2.31 bits per heavy atom. The normalized spacial score (nSPS) is 16.6. The molecule has 3 heteroatoms. The van der Waals surface area contributed by atoms with Crippen molar-refractivity contribution in [2.24, 2.45) is 11.7 Å². The summed E-state index contributed by atoms with van der Waals surface area (Å²) < 4.78 is 0. The molecule has 0 aliphatic heterocycles. The maximum atomic E-state index is 12.2. The van der Waals surface area contributed by atoms with E-state index in [4.69, 9.17) is 5.73 Å². The Morgan fingerprint density at radius 1 is 1.38 bits per heavy atom. The maximum Gasteiger partial charge on any atom is 0.242 e. The summed E-state index contributed by atoms with van der Waals surface area (Å²) in [5.74, 6) is 0.637. The third kappa shape index (κ3) is 4.52. The zero-order valence-electron chi connectivity index (χ0n) is 11.5. The molecule has 3 nitrogen and oxygen atoms in total. The highest BCUT2D eigenvalue weighted by atomic mass is 16.2. The lowest BCUT2D eigenvalue weighted by molar-refractivity contribution is -0.137. The number of carbonyl (C=O) groups is 1. The molecular formula is C13H28N2O. The zero-order valence-corrected chi connectivity index (χ0v) is 11.5. The minimum Gasteiger partial charge on any atom is -0.341 e. The average molecular weight is 228 g/mol. The molecule has 0 saturated heterocycles. The number of nitrogens with two attached hydrogens (primary N) is 1. The van der Waals surface area contributed by atoms with E-state index in [9.17, 15) is 4.79 Å². The molecule has 0 fully saturated rings. The standard InChI is InChI=1S/C13H28N2O/c1-6-9-13(5,14)12(16)15(8-3)10-11(4)7-2/h11H,6-10,14H2,1-5H3. The van der Waals surface area contributed by atoms with Crippen molar-refractivity contribution in [2.75, 3.05) is 13.1 Å². The molecule has 0 saturated carbocycles.